The van der Waals surface area contributed by atoms with E-state index in [1.807, 2.05) is 0 Å². The Morgan fingerprint density at radius 3 is 2.43 bits per heavy atom. The van der Waals surface area contributed by atoms with Crippen molar-refractivity contribution < 1.29 is 0 Å². The zero-order valence-corrected chi connectivity index (χ0v) is 9.40. The summed E-state index contributed by atoms with van der Waals surface area (Å²) in [6.07, 6.45) is 6.53. The third kappa shape index (κ3) is 3.20. The number of nitrogens with two attached hydrogens (primary N) is 1. The van der Waals surface area contributed by atoms with Gasteiger partial charge in [0.15, 0.2) is 5.96 Å². The van der Waals surface area contributed by atoms with Gasteiger partial charge in [0.25, 0.3) is 0 Å². The van der Waals surface area contributed by atoms with Crippen LogP contribution in [-0.4, -0.2) is 12.5 Å². The van der Waals surface area contributed by atoms with E-state index in [1.165, 1.54) is 32.1 Å². The van der Waals surface area contributed by atoms with Crippen LogP contribution in [0.3, 0.4) is 0 Å². The van der Waals surface area contributed by atoms with Gasteiger partial charge in [-0.05, 0) is 30.6 Å². The fourth-order valence-corrected chi connectivity index (χ4v) is 2.73. The van der Waals surface area contributed by atoms with Crippen LogP contribution in [0.2, 0.25) is 0 Å². The number of nitrogens with one attached hydrogen (secondary N) is 2. The molecule has 0 aliphatic heterocycles. The molecule has 1 fully saturated rings. The Morgan fingerprint density at radius 1 is 1.43 bits per heavy atom. The fourth-order valence-electron chi connectivity index (χ4n) is 2.73. The van der Waals surface area contributed by atoms with Crippen molar-refractivity contribution >= 4 is 5.96 Å². The van der Waals surface area contributed by atoms with Crippen molar-refractivity contribution in [2.75, 3.05) is 6.54 Å². The molecule has 1 saturated carbocycles. The van der Waals surface area contributed by atoms with Gasteiger partial charge in [-0.3, -0.25) is 5.41 Å². The number of rotatable bonds is 4. The van der Waals surface area contributed by atoms with Crippen LogP contribution in [0.5, 0.6) is 0 Å². The van der Waals surface area contributed by atoms with Gasteiger partial charge in [-0.25, -0.2) is 0 Å². The van der Waals surface area contributed by atoms with E-state index in [4.69, 9.17) is 11.1 Å². The molecule has 14 heavy (non-hydrogen) atoms. The molecule has 1 aliphatic rings. The van der Waals surface area contributed by atoms with Crippen molar-refractivity contribution in [3.05, 3.63) is 0 Å². The van der Waals surface area contributed by atoms with Crippen LogP contribution in [0.4, 0.5) is 0 Å². The molecule has 4 N–H and O–H groups in total. The Bertz CT molecular complexity index is 193. The van der Waals surface area contributed by atoms with Crippen LogP contribution in [0.15, 0.2) is 0 Å². The Hall–Kier alpha value is -0.730. The minimum absolute atomic E-state index is 0.111. The SMILES string of the molecule is CC(C)CC1(CNC(=N)N)CCCC1. The molecule has 1 rings (SSSR count). The first-order valence-corrected chi connectivity index (χ1v) is 5.62. The topological polar surface area (TPSA) is 61.9 Å². The highest BCUT2D eigenvalue weighted by Crippen LogP contribution is 2.42. The second-order valence-electron chi connectivity index (χ2n) is 5.07. The van der Waals surface area contributed by atoms with Crippen molar-refractivity contribution in [2.24, 2.45) is 17.1 Å². The molecule has 0 amide bonds. The second kappa shape index (κ2) is 4.67. The molecule has 0 atom stereocenters. The summed E-state index contributed by atoms with van der Waals surface area (Å²) in [5.41, 5.74) is 5.75. The molecule has 3 nitrogen and oxygen atoms in total. The zero-order valence-electron chi connectivity index (χ0n) is 9.40. The summed E-state index contributed by atoms with van der Waals surface area (Å²) in [5, 5.41) is 10.2. The van der Waals surface area contributed by atoms with E-state index in [1.54, 1.807) is 0 Å². The van der Waals surface area contributed by atoms with Crippen LogP contribution >= 0.6 is 0 Å². The van der Waals surface area contributed by atoms with Crippen LogP contribution in [-0.2, 0) is 0 Å². The average Bonchev–Trinajstić information content (AvgIpc) is 2.49. The van der Waals surface area contributed by atoms with E-state index >= 15 is 0 Å². The molecular weight excluding hydrogens is 174 g/mol. The van der Waals surface area contributed by atoms with E-state index in [0.29, 0.717) is 5.41 Å². The molecule has 82 valence electrons. The molecule has 3 heteroatoms. The maximum absolute atomic E-state index is 7.19. The van der Waals surface area contributed by atoms with Gasteiger partial charge in [0.1, 0.15) is 0 Å². The van der Waals surface area contributed by atoms with Crippen LogP contribution in [0.1, 0.15) is 46.0 Å². The molecule has 0 heterocycles. The molecule has 0 bridgehead atoms. The molecular formula is C11H23N3. The summed E-state index contributed by atoms with van der Waals surface area (Å²) >= 11 is 0. The highest BCUT2D eigenvalue weighted by atomic mass is 15.0. The standard InChI is InChI=1S/C11H23N3/c1-9(2)7-11(5-3-4-6-11)8-14-10(12)13/h9H,3-8H2,1-2H3,(H4,12,13,14). The van der Waals surface area contributed by atoms with Gasteiger partial charge < -0.3 is 11.1 Å². The lowest BCUT2D eigenvalue weighted by Gasteiger charge is -2.31. The maximum Gasteiger partial charge on any atom is 0.185 e. The number of guanidine groups is 1. The Labute approximate surface area is 87.0 Å². The van der Waals surface area contributed by atoms with Gasteiger partial charge in [0.2, 0.25) is 0 Å². The fraction of sp³-hybridized carbons (Fsp3) is 0.909. The van der Waals surface area contributed by atoms with Crippen molar-refractivity contribution in [1.82, 2.24) is 5.32 Å². The smallest absolute Gasteiger partial charge is 0.185 e. The Kier molecular flexibility index (Phi) is 3.78. The summed E-state index contributed by atoms with van der Waals surface area (Å²) in [4.78, 5) is 0. The molecule has 0 aromatic carbocycles. The highest BCUT2D eigenvalue weighted by molar-refractivity contribution is 5.74. The van der Waals surface area contributed by atoms with E-state index in [0.717, 1.165) is 12.5 Å². The second-order valence-corrected chi connectivity index (χ2v) is 5.07. The van der Waals surface area contributed by atoms with E-state index in [2.05, 4.69) is 19.2 Å². The van der Waals surface area contributed by atoms with Gasteiger partial charge >= 0.3 is 0 Å². The van der Waals surface area contributed by atoms with Gasteiger partial charge in [0, 0.05) is 6.54 Å². The van der Waals surface area contributed by atoms with Crippen molar-refractivity contribution in [3.8, 4) is 0 Å². The minimum Gasteiger partial charge on any atom is -0.370 e. The van der Waals surface area contributed by atoms with Crippen molar-refractivity contribution in [2.45, 2.75) is 46.0 Å². The van der Waals surface area contributed by atoms with Gasteiger partial charge in [-0.2, -0.15) is 0 Å². The highest BCUT2D eigenvalue weighted by Gasteiger charge is 2.34. The predicted molar refractivity (Wildman–Crippen MR) is 60.3 cm³/mol. The largest absolute Gasteiger partial charge is 0.370 e. The number of hydrogen-bond donors (Lipinski definition) is 3. The summed E-state index contributed by atoms with van der Waals surface area (Å²) in [7, 11) is 0. The minimum atomic E-state index is 0.111. The molecule has 0 aromatic heterocycles. The first-order chi connectivity index (χ1) is 6.54. The van der Waals surface area contributed by atoms with Gasteiger partial charge in [-0.1, -0.05) is 26.7 Å². The third-order valence-corrected chi connectivity index (χ3v) is 3.16. The lowest BCUT2D eigenvalue weighted by molar-refractivity contribution is 0.235. The number of hydrogen-bond acceptors (Lipinski definition) is 1. The van der Waals surface area contributed by atoms with E-state index in [9.17, 15) is 0 Å². The van der Waals surface area contributed by atoms with Gasteiger partial charge in [0.05, 0.1) is 0 Å². The first kappa shape index (κ1) is 11.3. The molecule has 0 radical (unpaired) electrons. The molecule has 0 saturated heterocycles. The van der Waals surface area contributed by atoms with Crippen LogP contribution in [0, 0.1) is 16.7 Å². The lowest BCUT2D eigenvalue weighted by atomic mass is 9.78. The summed E-state index contributed by atoms with van der Waals surface area (Å²) < 4.78 is 0. The van der Waals surface area contributed by atoms with E-state index < -0.39 is 0 Å². The normalized spacial score (nSPS) is 19.9. The Balaban J connectivity index is 2.48. The average molecular weight is 197 g/mol. The summed E-state index contributed by atoms with van der Waals surface area (Å²) in [6, 6.07) is 0. The van der Waals surface area contributed by atoms with Crippen molar-refractivity contribution in [3.63, 3.8) is 0 Å². The van der Waals surface area contributed by atoms with Crippen LogP contribution < -0.4 is 11.1 Å². The molecule has 0 spiro atoms. The van der Waals surface area contributed by atoms with Crippen LogP contribution in [0.25, 0.3) is 0 Å². The summed E-state index contributed by atoms with van der Waals surface area (Å²) in [5.74, 6) is 0.849. The lowest BCUT2D eigenvalue weighted by Crippen LogP contribution is -2.40. The third-order valence-electron chi connectivity index (χ3n) is 3.16. The predicted octanol–water partition coefficient (Wildman–Crippen LogP) is 2.08. The maximum atomic E-state index is 7.19. The van der Waals surface area contributed by atoms with Crippen molar-refractivity contribution in [1.29, 1.82) is 5.41 Å². The summed E-state index contributed by atoms with van der Waals surface area (Å²) in [6.45, 7) is 5.43. The van der Waals surface area contributed by atoms with E-state index in [-0.39, 0.29) is 5.96 Å². The molecule has 0 aromatic rings. The molecule has 1 aliphatic carbocycles. The Morgan fingerprint density at radius 2 is 2.00 bits per heavy atom. The molecule has 0 unspecified atom stereocenters. The monoisotopic (exact) mass is 197 g/mol. The quantitative estimate of drug-likeness (QED) is 0.477. The first-order valence-electron chi connectivity index (χ1n) is 5.62. The van der Waals surface area contributed by atoms with Gasteiger partial charge in [-0.15, -0.1) is 0 Å². The zero-order chi connectivity index (χ0) is 10.6.